The molecule has 0 spiro atoms. The third kappa shape index (κ3) is 2.63. The predicted molar refractivity (Wildman–Crippen MR) is 85.3 cm³/mol. The minimum Gasteiger partial charge on any atom is -0.321 e. The molecule has 0 heterocycles. The molecule has 0 aromatic heterocycles. The van der Waals surface area contributed by atoms with E-state index in [0.717, 1.165) is 34.1 Å². The zero-order valence-corrected chi connectivity index (χ0v) is 13.0. The summed E-state index contributed by atoms with van der Waals surface area (Å²) in [5.41, 5.74) is 5.38. The standard InChI is InChI=1S/C17H16BrNO/c1-11-5-8-15(18)16(9-11)19-17(20)14-7-6-12-3-2-4-13(12)10-14/h5-10H,2-4H2,1H3,(H,19,20). The summed E-state index contributed by atoms with van der Waals surface area (Å²) in [4.78, 5) is 12.3. The van der Waals surface area contributed by atoms with Crippen LogP contribution in [-0.2, 0) is 12.8 Å². The highest BCUT2D eigenvalue weighted by molar-refractivity contribution is 9.10. The van der Waals surface area contributed by atoms with E-state index in [-0.39, 0.29) is 5.91 Å². The zero-order chi connectivity index (χ0) is 14.1. The molecule has 102 valence electrons. The molecule has 0 aliphatic heterocycles. The van der Waals surface area contributed by atoms with Crippen LogP contribution in [0.3, 0.4) is 0 Å². The number of anilines is 1. The van der Waals surface area contributed by atoms with Gasteiger partial charge in [-0.05, 0) is 83.1 Å². The van der Waals surface area contributed by atoms with Gasteiger partial charge < -0.3 is 5.32 Å². The number of carbonyl (C=O) groups excluding carboxylic acids is 1. The Morgan fingerprint density at radius 1 is 1.10 bits per heavy atom. The molecule has 2 aromatic carbocycles. The number of aryl methyl sites for hydroxylation is 3. The Morgan fingerprint density at radius 3 is 2.75 bits per heavy atom. The number of rotatable bonds is 2. The summed E-state index contributed by atoms with van der Waals surface area (Å²) in [6.07, 6.45) is 3.43. The quantitative estimate of drug-likeness (QED) is 0.863. The molecule has 0 atom stereocenters. The maximum absolute atomic E-state index is 12.3. The summed E-state index contributed by atoms with van der Waals surface area (Å²) in [5.74, 6) is -0.0500. The van der Waals surface area contributed by atoms with E-state index in [4.69, 9.17) is 0 Å². The molecule has 0 bridgehead atoms. The van der Waals surface area contributed by atoms with Crippen LogP contribution in [0.4, 0.5) is 5.69 Å². The highest BCUT2D eigenvalue weighted by Crippen LogP contribution is 2.26. The second-order valence-electron chi connectivity index (χ2n) is 5.27. The molecule has 3 rings (SSSR count). The number of halogens is 1. The Labute approximate surface area is 127 Å². The van der Waals surface area contributed by atoms with Gasteiger partial charge >= 0.3 is 0 Å². The van der Waals surface area contributed by atoms with E-state index in [0.29, 0.717) is 0 Å². The maximum atomic E-state index is 12.3. The lowest BCUT2D eigenvalue weighted by atomic mass is 10.1. The summed E-state index contributed by atoms with van der Waals surface area (Å²) in [7, 11) is 0. The molecule has 1 N–H and O–H groups in total. The third-order valence-electron chi connectivity index (χ3n) is 3.73. The van der Waals surface area contributed by atoms with Crippen molar-refractivity contribution in [3.8, 4) is 0 Å². The van der Waals surface area contributed by atoms with Crippen molar-refractivity contribution in [2.75, 3.05) is 5.32 Å². The van der Waals surface area contributed by atoms with E-state index in [1.165, 1.54) is 17.5 Å². The monoisotopic (exact) mass is 329 g/mol. The van der Waals surface area contributed by atoms with E-state index in [9.17, 15) is 4.79 Å². The van der Waals surface area contributed by atoms with Gasteiger partial charge in [0.2, 0.25) is 0 Å². The Morgan fingerprint density at radius 2 is 1.90 bits per heavy atom. The van der Waals surface area contributed by atoms with Crippen LogP contribution >= 0.6 is 15.9 Å². The Bertz CT molecular complexity index is 679. The first-order valence-electron chi connectivity index (χ1n) is 6.83. The van der Waals surface area contributed by atoms with E-state index in [1.54, 1.807) is 0 Å². The number of nitrogens with one attached hydrogen (secondary N) is 1. The van der Waals surface area contributed by atoms with Gasteiger partial charge in [0.05, 0.1) is 5.69 Å². The molecule has 1 aliphatic rings. The SMILES string of the molecule is Cc1ccc(Br)c(NC(=O)c2ccc3c(c2)CCC3)c1. The summed E-state index contributed by atoms with van der Waals surface area (Å²) in [6, 6.07) is 12.0. The molecule has 0 unspecified atom stereocenters. The number of carbonyl (C=O) groups is 1. The van der Waals surface area contributed by atoms with Gasteiger partial charge in [-0.2, -0.15) is 0 Å². The smallest absolute Gasteiger partial charge is 0.255 e. The van der Waals surface area contributed by atoms with Gasteiger partial charge in [-0.15, -0.1) is 0 Å². The Balaban J connectivity index is 1.84. The van der Waals surface area contributed by atoms with Gasteiger partial charge in [-0.1, -0.05) is 12.1 Å². The second kappa shape index (κ2) is 5.41. The van der Waals surface area contributed by atoms with Crippen LogP contribution in [0.25, 0.3) is 0 Å². The molecular weight excluding hydrogens is 314 g/mol. The van der Waals surface area contributed by atoms with E-state index >= 15 is 0 Å². The Hall–Kier alpha value is -1.61. The van der Waals surface area contributed by atoms with Gasteiger partial charge in [0.1, 0.15) is 0 Å². The minimum absolute atomic E-state index is 0.0500. The van der Waals surface area contributed by atoms with E-state index in [2.05, 4.69) is 27.3 Å². The average molecular weight is 330 g/mol. The van der Waals surface area contributed by atoms with Gasteiger partial charge in [0.25, 0.3) is 5.91 Å². The van der Waals surface area contributed by atoms with Crippen LogP contribution in [0.2, 0.25) is 0 Å². The molecule has 3 heteroatoms. The molecule has 2 nitrogen and oxygen atoms in total. The number of amides is 1. The first kappa shape index (κ1) is 13.4. The van der Waals surface area contributed by atoms with Crippen molar-refractivity contribution in [1.29, 1.82) is 0 Å². The van der Waals surface area contributed by atoms with Crippen LogP contribution in [-0.4, -0.2) is 5.91 Å². The third-order valence-corrected chi connectivity index (χ3v) is 4.42. The zero-order valence-electron chi connectivity index (χ0n) is 11.4. The second-order valence-corrected chi connectivity index (χ2v) is 6.13. The number of fused-ring (bicyclic) bond motifs is 1. The normalized spacial score (nSPS) is 13.1. The molecule has 0 saturated heterocycles. The lowest BCUT2D eigenvalue weighted by molar-refractivity contribution is 0.102. The largest absolute Gasteiger partial charge is 0.321 e. The fourth-order valence-electron chi connectivity index (χ4n) is 2.64. The van der Waals surface area contributed by atoms with E-state index in [1.807, 2.05) is 37.3 Å². The predicted octanol–water partition coefficient (Wildman–Crippen LogP) is 4.50. The first-order valence-corrected chi connectivity index (χ1v) is 7.62. The summed E-state index contributed by atoms with van der Waals surface area (Å²) in [5, 5.41) is 2.97. The Kier molecular flexibility index (Phi) is 3.62. The first-order chi connectivity index (χ1) is 9.63. The number of hydrogen-bond acceptors (Lipinski definition) is 1. The van der Waals surface area contributed by atoms with Gasteiger partial charge in [-0.25, -0.2) is 0 Å². The average Bonchev–Trinajstić information content (AvgIpc) is 2.90. The van der Waals surface area contributed by atoms with Crippen molar-refractivity contribution in [3.63, 3.8) is 0 Å². The van der Waals surface area contributed by atoms with Crippen LogP contribution in [0.15, 0.2) is 40.9 Å². The van der Waals surface area contributed by atoms with Crippen LogP contribution in [0.1, 0.15) is 33.5 Å². The molecule has 20 heavy (non-hydrogen) atoms. The molecule has 1 amide bonds. The van der Waals surface area contributed by atoms with Crippen molar-refractivity contribution < 1.29 is 4.79 Å². The topological polar surface area (TPSA) is 29.1 Å². The highest BCUT2D eigenvalue weighted by atomic mass is 79.9. The minimum atomic E-state index is -0.0500. The lowest BCUT2D eigenvalue weighted by Gasteiger charge is -2.09. The summed E-state index contributed by atoms with van der Waals surface area (Å²) < 4.78 is 0.901. The lowest BCUT2D eigenvalue weighted by Crippen LogP contribution is -2.12. The number of benzene rings is 2. The maximum Gasteiger partial charge on any atom is 0.255 e. The van der Waals surface area contributed by atoms with Gasteiger partial charge in [0, 0.05) is 10.0 Å². The van der Waals surface area contributed by atoms with Gasteiger partial charge in [-0.3, -0.25) is 4.79 Å². The molecular formula is C17H16BrNO. The summed E-state index contributed by atoms with van der Waals surface area (Å²) >= 11 is 3.47. The van der Waals surface area contributed by atoms with Crippen LogP contribution < -0.4 is 5.32 Å². The number of hydrogen-bond donors (Lipinski definition) is 1. The van der Waals surface area contributed by atoms with Crippen molar-refractivity contribution in [2.45, 2.75) is 26.2 Å². The van der Waals surface area contributed by atoms with E-state index < -0.39 is 0 Å². The van der Waals surface area contributed by atoms with Crippen LogP contribution in [0.5, 0.6) is 0 Å². The van der Waals surface area contributed by atoms with Crippen molar-refractivity contribution in [2.24, 2.45) is 0 Å². The fraction of sp³-hybridized carbons (Fsp3) is 0.235. The summed E-state index contributed by atoms with van der Waals surface area (Å²) in [6.45, 7) is 2.01. The molecule has 0 fully saturated rings. The van der Waals surface area contributed by atoms with Gasteiger partial charge in [0.15, 0.2) is 0 Å². The molecule has 0 saturated carbocycles. The highest BCUT2D eigenvalue weighted by Gasteiger charge is 2.14. The molecule has 0 radical (unpaired) electrons. The van der Waals surface area contributed by atoms with Crippen molar-refractivity contribution >= 4 is 27.5 Å². The van der Waals surface area contributed by atoms with Crippen LogP contribution in [0, 0.1) is 6.92 Å². The van der Waals surface area contributed by atoms with Crippen molar-refractivity contribution in [3.05, 3.63) is 63.1 Å². The fourth-order valence-corrected chi connectivity index (χ4v) is 2.99. The molecule has 1 aliphatic carbocycles. The van der Waals surface area contributed by atoms with Crippen molar-refractivity contribution in [1.82, 2.24) is 0 Å². The molecule has 2 aromatic rings.